The highest BCUT2D eigenvalue weighted by atomic mass is 16.5. The van der Waals surface area contributed by atoms with Gasteiger partial charge in [-0.3, -0.25) is 4.79 Å². The molecule has 0 N–H and O–H groups in total. The van der Waals surface area contributed by atoms with Crippen molar-refractivity contribution in [3.63, 3.8) is 0 Å². The highest BCUT2D eigenvalue weighted by Gasteiger charge is 2.20. The van der Waals surface area contributed by atoms with Gasteiger partial charge < -0.3 is 4.74 Å². The summed E-state index contributed by atoms with van der Waals surface area (Å²) in [5.74, 6) is 1.02. The molecule has 0 saturated heterocycles. The van der Waals surface area contributed by atoms with E-state index in [9.17, 15) is 4.79 Å². The van der Waals surface area contributed by atoms with Gasteiger partial charge in [-0.2, -0.15) is 5.10 Å². The van der Waals surface area contributed by atoms with Gasteiger partial charge in [0.2, 0.25) is 0 Å². The number of nitrogens with zero attached hydrogens (tertiary/aromatic N) is 3. The van der Waals surface area contributed by atoms with Gasteiger partial charge >= 0.3 is 5.97 Å². The Bertz CT molecular complexity index is 633. The minimum atomic E-state index is -0.212. The van der Waals surface area contributed by atoms with Crippen LogP contribution in [0.4, 0.5) is 0 Å². The van der Waals surface area contributed by atoms with Crippen molar-refractivity contribution in [3.8, 4) is 5.82 Å². The van der Waals surface area contributed by atoms with Crippen LogP contribution in [0.25, 0.3) is 5.82 Å². The number of aromatic nitrogens is 3. The van der Waals surface area contributed by atoms with Crippen molar-refractivity contribution >= 4 is 5.97 Å². The van der Waals surface area contributed by atoms with Crippen LogP contribution in [0.15, 0.2) is 24.4 Å². The van der Waals surface area contributed by atoms with Crippen LogP contribution in [0.1, 0.15) is 37.7 Å². The van der Waals surface area contributed by atoms with Crippen molar-refractivity contribution in [1.29, 1.82) is 0 Å². The molecule has 0 saturated carbocycles. The Balaban J connectivity index is 2.41. The number of pyridine rings is 1. The molecule has 0 aliphatic heterocycles. The third kappa shape index (κ3) is 3.72. The molecule has 118 valence electrons. The van der Waals surface area contributed by atoms with Crippen LogP contribution < -0.4 is 0 Å². The Kier molecular flexibility index (Phi) is 5.31. The first-order valence-corrected chi connectivity index (χ1v) is 7.67. The van der Waals surface area contributed by atoms with Gasteiger partial charge in [-0.05, 0) is 38.3 Å². The van der Waals surface area contributed by atoms with Crippen LogP contribution in [0, 0.1) is 12.8 Å². The second kappa shape index (κ2) is 7.20. The summed E-state index contributed by atoms with van der Waals surface area (Å²) in [5, 5.41) is 4.68. The number of carbonyl (C=O) groups is 1. The van der Waals surface area contributed by atoms with Crippen molar-refractivity contribution in [1.82, 2.24) is 14.8 Å². The lowest BCUT2D eigenvalue weighted by molar-refractivity contribution is -0.142. The Morgan fingerprint density at radius 1 is 1.36 bits per heavy atom. The van der Waals surface area contributed by atoms with Gasteiger partial charge in [0.15, 0.2) is 5.82 Å². The second-order valence-corrected chi connectivity index (χ2v) is 5.69. The summed E-state index contributed by atoms with van der Waals surface area (Å²) in [7, 11) is 0. The number of esters is 1. The number of hydrogen-bond acceptors (Lipinski definition) is 4. The zero-order valence-corrected chi connectivity index (χ0v) is 13.7. The summed E-state index contributed by atoms with van der Waals surface area (Å²) in [5.41, 5.74) is 2.85. The fraction of sp³-hybridized carbons (Fsp3) is 0.471. The first kappa shape index (κ1) is 16.2. The molecule has 2 heterocycles. The van der Waals surface area contributed by atoms with Crippen molar-refractivity contribution in [2.45, 2.75) is 40.5 Å². The maximum atomic E-state index is 11.9. The normalized spacial score (nSPS) is 11.0. The van der Waals surface area contributed by atoms with E-state index in [1.54, 1.807) is 6.20 Å². The van der Waals surface area contributed by atoms with E-state index in [4.69, 9.17) is 4.74 Å². The quantitative estimate of drug-likeness (QED) is 0.770. The third-order valence-electron chi connectivity index (χ3n) is 3.42. The molecule has 2 rings (SSSR count). The van der Waals surface area contributed by atoms with Gasteiger partial charge in [0.05, 0.1) is 18.7 Å². The van der Waals surface area contributed by atoms with E-state index in [0.717, 1.165) is 29.2 Å². The van der Waals surface area contributed by atoms with Gasteiger partial charge in [-0.25, -0.2) is 9.67 Å². The summed E-state index contributed by atoms with van der Waals surface area (Å²) in [4.78, 5) is 16.2. The molecule has 0 fully saturated rings. The fourth-order valence-electron chi connectivity index (χ4n) is 2.43. The van der Waals surface area contributed by atoms with Crippen LogP contribution >= 0.6 is 0 Å². The Hall–Kier alpha value is -2.17. The molecule has 0 spiro atoms. The lowest BCUT2D eigenvalue weighted by Crippen LogP contribution is -2.10. The van der Waals surface area contributed by atoms with E-state index in [1.165, 1.54) is 0 Å². The molecular weight excluding hydrogens is 278 g/mol. The summed E-state index contributed by atoms with van der Waals surface area (Å²) < 4.78 is 6.90. The number of rotatable bonds is 6. The van der Waals surface area contributed by atoms with Crippen LogP contribution in [0.2, 0.25) is 0 Å². The Morgan fingerprint density at radius 2 is 2.14 bits per heavy atom. The topological polar surface area (TPSA) is 57.0 Å². The lowest BCUT2D eigenvalue weighted by atomic mass is 10.0. The molecule has 5 nitrogen and oxygen atoms in total. The zero-order chi connectivity index (χ0) is 16.1. The van der Waals surface area contributed by atoms with Gasteiger partial charge in [0, 0.05) is 17.5 Å². The minimum Gasteiger partial charge on any atom is -0.466 e. The van der Waals surface area contributed by atoms with E-state index in [2.05, 4.69) is 23.9 Å². The molecule has 0 bridgehead atoms. The largest absolute Gasteiger partial charge is 0.466 e. The highest BCUT2D eigenvalue weighted by Crippen LogP contribution is 2.21. The van der Waals surface area contributed by atoms with Crippen LogP contribution in [-0.4, -0.2) is 27.3 Å². The fourth-order valence-corrected chi connectivity index (χ4v) is 2.43. The SMILES string of the molecule is CCOC(=O)Cc1c(CC(C)C)nn(-c2ccccn2)c1C. The van der Waals surface area contributed by atoms with Gasteiger partial charge in [0.25, 0.3) is 0 Å². The molecule has 2 aromatic heterocycles. The second-order valence-electron chi connectivity index (χ2n) is 5.69. The van der Waals surface area contributed by atoms with Gasteiger partial charge in [-0.15, -0.1) is 0 Å². The predicted octanol–water partition coefficient (Wildman–Crippen LogP) is 2.88. The molecule has 0 amide bonds. The van der Waals surface area contributed by atoms with E-state index < -0.39 is 0 Å². The molecular formula is C17H23N3O2. The number of ether oxygens (including phenoxy) is 1. The molecule has 2 aromatic rings. The summed E-state index contributed by atoms with van der Waals surface area (Å²) in [6.07, 6.45) is 2.83. The monoisotopic (exact) mass is 301 g/mol. The zero-order valence-electron chi connectivity index (χ0n) is 13.7. The van der Waals surface area contributed by atoms with Crippen LogP contribution in [-0.2, 0) is 22.4 Å². The van der Waals surface area contributed by atoms with Crippen LogP contribution in [0.5, 0.6) is 0 Å². The molecule has 0 radical (unpaired) electrons. The first-order valence-electron chi connectivity index (χ1n) is 7.67. The average molecular weight is 301 g/mol. The van der Waals surface area contributed by atoms with Gasteiger partial charge in [0.1, 0.15) is 0 Å². The highest BCUT2D eigenvalue weighted by molar-refractivity contribution is 5.73. The molecule has 5 heteroatoms. The van der Waals surface area contributed by atoms with Crippen molar-refractivity contribution in [2.24, 2.45) is 5.92 Å². The standard InChI is InChI=1S/C17H23N3O2/c1-5-22-17(21)11-14-13(4)20(16-8-6-7-9-18-16)19-15(14)10-12(2)3/h6-9,12H,5,10-11H2,1-4H3. The first-order chi connectivity index (χ1) is 10.5. The van der Waals surface area contributed by atoms with E-state index in [1.807, 2.05) is 36.7 Å². The average Bonchev–Trinajstić information content (AvgIpc) is 2.77. The molecule has 0 aliphatic rings. The lowest BCUT2D eigenvalue weighted by Gasteiger charge is -2.06. The summed E-state index contributed by atoms with van der Waals surface area (Å²) in [6.45, 7) is 8.47. The third-order valence-corrected chi connectivity index (χ3v) is 3.42. The molecule has 0 unspecified atom stereocenters. The van der Waals surface area contributed by atoms with Crippen molar-refractivity contribution in [2.75, 3.05) is 6.61 Å². The number of carbonyl (C=O) groups excluding carboxylic acids is 1. The molecule has 0 aromatic carbocycles. The van der Waals surface area contributed by atoms with E-state index >= 15 is 0 Å². The Morgan fingerprint density at radius 3 is 2.73 bits per heavy atom. The minimum absolute atomic E-state index is 0.212. The summed E-state index contributed by atoms with van der Waals surface area (Å²) >= 11 is 0. The molecule has 22 heavy (non-hydrogen) atoms. The van der Waals surface area contributed by atoms with Crippen molar-refractivity contribution < 1.29 is 9.53 Å². The molecule has 0 aliphatic carbocycles. The van der Waals surface area contributed by atoms with E-state index in [0.29, 0.717) is 12.5 Å². The number of hydrogen-bond donors (Lipinski definition) is 0. The van der Waals surface area contributed by atoms with Crippen LogP contribution in [0.3, 0.4) is 0 Å². The molecule has 0 atom stereocenters. The smallest absolute Gasteiger partial charge is 0.310 e. The van der Waals surface area contributed by atoms with E-state index in [-0.39, 0.29) is 12.4 Å². The maximum Gasteiger partial charge on any atom is 0.310 e. The Labute approximate surface area is 131 Å². The van der Waals surface area contributed by atoms with Gasteiger partial charge in [-0.1, -0.05) is 19.9 Å². The maximum absolute atomic E-state index is 11.9. The predicted molar refractivity (Wildman–Crippen MR) is 85.0 cm³/mol. The van der Waals surface area contributed by atoms with Crippen molar-refractivity contribution in [3.05, 3.63) is 41.3 Å². The summed E-state index contributed by atoms with van der Waals surface area (Å²) in [6, 6.07) is 5.71.